The monoisotopic (exact) mass is 698 g/mol. The van der Waals surface area contributed by atoms with Crippen LogP contribution in [0.4, 0.5) is 15.0 Å². The van der Waals surface area contributed by atoms with E-state index in [0.29, 0.717) is 42.2 Å². The molecule has 1 amide bonds. The van der Waals surface area contributed by atoms with Gasteiger partial charge in [-0.05, 0) is 104 Å². The highest BCUT2D eigenvalue weighted by molar-refractivity contribution is 6.00. The van der Waals surface area contributed by atoms with Gasteiger partial charge in [0, 0.05) is 36.9 Å². The summed E-state index contributed by atoms with van der Waals surface area (Å²) in [6, 6.07) is 11.1. The fourth-order valence-electron chi connectivity index (χ4n) is 7.28. The number of hydrogen-bond donors (Lipinski definition) is 0. The number of fused-ring (bicyclic) bond motifs is 5. The van der Waals surface area contributed by atoms with Crippen LogP contribution < -0.4 is 14.4 Å². The van der Waals surface area contributed by atoms with Gasteiger partial charge >= 0.3 is 18.1 Å². The molecule has 2 aromatic carbocycles. The first-order chi connectivity index (χ1) is 24.2. The second kappa shape index (κ2) is 13.2. The average molecular weight is 699 g/mol. The van der Waals surface area contributed by atoms with Crippen molar-refractivity contribution >= 4 is 39.6 Å². The summed E-state index contributed by atoms with van der Waals surface area (Å²) in [5.74, 6) is -0.189. The van der Waals surface area contributed by atoms with Crippen LogP contribution in [-0.4, -0.2) is 93.8 Å². The summed E-state index contributed by atoms with van der Waals surface area (Å²) in [5, 5.41) is 1.99. The molecule has 0 N–H and O–H groups in total. The number of ether oxygens (including phenoxy) is 3. The van der Waals surface area contributed by atoms with Gasteiger partial charge < -0.3 is 28.9 Å². The largest absolute Gasteiger partial charge is 0.462 e. The number of carbonyl (C=O) groups is 2. The second-order valence-corrected chi connectivity index (χ2v) is 16.1. The molecule has 51 heavy (non-hydrogen) atoms. The van der Waals surface area contributed by atoms with E-state index in [9.17, 15) is 9.59 Å². The van der Waals surface area contributed by atoms with Crippen molar-refractivity contribution in [2.24, 2.45) is 5.41 Å². The number of carbonyl (C=O) groups excluding carboxylic acids is 2. The van der Waals surface area contributed by atoms with Crippen LogP contribution in [0.15, 0.2) is 42.6 Å². The van der Waals surface area contributed by atoms with Crippen LogP contribution in [0.3, 0.4) is 0 Å². The Labute approximate surface area is 298 Å². The van der Waals surface area contributed by atoms with E-state index in [1.165, 1.54) is 0 Å². The molecule has 0 saturated carbocycles. The summed E-state index contributed by atoms with van der Waals surface area (Å²) in [6.45, 7) is 13.3. The molecule has 4 aliphatic heterocycles. The number of nitrogens with zero attached hydrogens (tertiary/aromatic N) is 6. The number of likely N-dealkylation sites (tertiary alicyclic amines) is 1. The van der Waals surface area contributed by atoms with Gasteiger partial charge in [0.1, 0.15) is 35.0 Å². The molecule has 11 nitrogen and oxygen atoms in total. The van der Waals surface area contributed by atoms with Crippen molar-refractivity contribution in [1.29, 1.82) is 0 Å². The van der Waals surface area contributed by atoms with Gasteiger partial charge in [-0.25, -0.2) is 9.18 Å². The Kier molecular flexibility index (Phi) is 9.02. The normalized spacial score (nSPS) is 21.1. The van der Waals surface area contributed by atoms with Gasteiger partial charge in [-0.1, -0.05) is 24.3 Å². The van der Waals surface area contributed by atoms with E-state index in [2.05, 4.69) is 21.8 Å². The van der Waals surface area contributed by atoms with Gasteiger partial charge in [0.25, 0.3) is 0 Å². The van der Waals surface area contributed by atoms with E-state index >= 15 is 4.39 Å². The third-order valence-electron chi connectivity index (χ3n) is 10.1. The minimum absolute atomic E-state index is 0.0599. The van der Waals surface area contributed by atoms with Gasteiger partial charge in [-0.15, -0.1) is 0 Å². The van der Waals surface area contributed by atoms with E-state index in [-0.39, 0.29) is 41.4 Å². The van der Waals surface area contributed by atoms with Crippen LogP contribution in [-0.2, 0) is 9.53 Å². The summed E-state index contributed by atoms with van der Waals surface area (Å²) >= 11 is 0. The first kappa shape index (κ1) is 34.9. The molecule has 2 bridgehead atoms. The number of esters is 1. The van der Waals surface area contributed by atoms with Crippen molar-refractivity contribution in [3.05, 3.63) is 48.4 Å². The van der Waals surface area contributed by atoms with Crippen molar-refractivity contribution in [1.82, 2.24) is 24.8 Å². The molecule has 0 aliphatic carbocycles. The smallest absolute Gasteiger partial charge is 0.410 e. The van der Waals surface area contributed by atoms with Gasteiger partial charge in [0.2, 0.25) is 0 Å². The number of piperidine rings is 2. The maximum Gasteiger partial charge on any atom is 0.410 e. The quantitative estimate of drug-likeness (QED) is 0.154. The molecule has 4 saturated heterocycles. The average Bonchev–Trinajstić information content (AvgIpc) is 3.50. The number of likely N-dealkylation sites (N-methyl/N-ethyl adjacent to an activating group) is 1. The highest BCUT2D eigenvalue weighted by Gasteiger charge is 2.44. The zero-order valence-electron chi connectivity index (χ0n) is 30.5. The number of rotatable bonds is 6. The minimum Gasteiger partial charge on any atom is -0.462 e. The highest BCUT2D eigenvalue weighted by Crippen LogP contribution is 2.40. The Bertz CT molecular complexity index is 1990. The van der Waals surface area contributed by atoms with Crippen molar-refractivity contribution < 1.29 is 28.2 Å². The van der Waals surface area contributed by atoms with Crippen LogP contribution in [0.5, 0.6) is 11.8 Å². The predicted molar refractivity (Wildman–Crippen MR) is 194 cm³/mol. The van der Waals surface area contributed by atoms with Crippen molar-refractivity contribution in [2.45, 2.75) is 91.0 Å². The Morgan fingerprint density at radius 2 is 1.73 bits per heavy atom. The Morgan fingerprint density at radius 3 is 2.41 bits per heavy atom. The van der Waals surface area contributed by atoms with Crippen LogP contribution in [0.25, 0.3) is 32.9 Å². The number of aromatic nitrogens is 3. The van der Waals surface area contributed by atoms with Crippen molar-refractivity contribution in [2.75, 3.05) is 38.2 Å². The Morgan fingerprint density at radius 1 is 0.961 bits per heavy atom. The lowest BCUT2D eigenvalue weighted by Crippen LogP contribution is -2.64. The third-order valence-corrected chi connectivity index (χ3v) is 10.1. The second-order valence-electron chi connectivity index (χ2n) is 16.1. The lowest BCUT2D eigenvalue weighted by atomic mass is 9.91. The number of pyridine rings is 1. The van der Waals surface area contributed by atoms with Gasteiger partial charge in [-0.2, -0.15) is 9.97 Å². The van der Waals surface area contributed by atoms with Crippen LogP contribution >= 0.6 is 0 Å². The van der Waals surface area contributed by atoms with Gasteiger partial charge in [0.15, 0.2) is 5.82 Å². The minimum atomic E-state index is -0.729. The fraction of sp³-hybridized carbons (Fsp3) is 0.513. The number of halogens is 1. The first-order valence-corrected chi connectivity index (χ1v) is 17.9. The van der Waals surface area contributed by atoms with Crippen LogP contribution in [0.1, 0.15) is 67.2 Å². The molecule has 6 heterocycles. The molecule has 12 heteroatoms. The molecule has 4 aliphatic rings. The van der Waals surface area contributed by atoms with E-state index < -0.39 is 22.8 Å². The zero-order chi connectivity index (χ0) is 36.2. The number of amides is 1. The van der Waals surface area contributed by atoms with Crippen molar-refractivity contribution in [3.63, 3.8) is 0 Å². The number of piperazine rings is 1. The highest BCUT2D eigenvalue weighted by atomic mass is 19.1. The lowest BCUT2D eigenvalue weighted by molar-refractivity contribution is -0.142. The van der Waals surface area contributed by atoms with Gasteiger partial charge in [-0.3, -0.25) is 9.78 Å². The molecule has 270 valence electrons. The molecule has 0 spiro atoms. The molecular weight excluding hydrogens is 651 g/mol. The SMILES string of the molecule is CN1CCC[C@H]1COc1nc(N2C[C@@H]3CC[C@@H]2CN3C(=O)OC(C)(C)C)c2cnc(-c3cc(OC(=O)C(C)(C)C)cc4ccccc34)c(F)c2n1. The molecule has 0 radical (unpaired) electrons. The van der Waals surface area contributed by atoms with E-state index in [4.69, 9.17) is 24.2 Å². The molecule has 4 aromatic rings. The number of anilines is 1. The maximum absolute atomic E-state index is 17.1. The van der Waals surface area contributed by atoms with Crippen molar-refractivity contribution in [3.8, 4) is 23.0 Å². The summed E-state index contributed by atoms with van der Waals surface area (Å²) in [7, 11) is 2.07. The predicted octanol–water partition coefficient (Wildman–Crippen LogP) is 7.00. The Balaban J connectivity index is 1.31. The molecule has 0 unspecified atom stereocenters. The maximum atomic E-state index is 17.1. The molecule has 3 atom stereocenters. The summed E-state index contributed by atoms with van der Waals surface area (Å²) < 4.78 is 34.8. The molecule has 8 rings (SSSR count). The van der Waals surface area contributed by atoms with E-state index in [0.717, 1.165) is 43.0 Å². The summed E-state index contributed by atoms with van der Waals surface area (Å²) in [4.78, 5) is 46.5. The van der Waals surface area contributed by atoms with Gasteiger partial charge in [0.05, 0.1) is 16.8 Å². The zero-order valence-corrected chi connectivity index (χ0v) is 30.5. The molecular formula is C39H47FN6O5. The standard InChI is InChI=1S/C39H47FN6O5/c1-38(2,3)35(47)50-27-17-23-11-8-9-13-28(23)29(18-27)32-31(40)33-30(19-41-32)34(43-36(42-33)49-22-26-12-10-16-44(26)7)45-20-25-15-14-24(45)21-46(25)37(48)51-39(4,5)6/h8-9,11,13,17-19,24-26H,10,12,14-16,20-22H2,1-7H3/t24-,25+,26+/m1/s1. The molecule has 4 fully saturated rings. The molecule has 2 aromatic heterocycles. The topological polar surface area (TPSA) is 110 Å². The van der Waals surface area contributed by atoms with Crippen LogP contribution in [0.2, 0.25) is 0 Å². The first-order valence-electron chi connectivity index (χ1n) is 17.9. The number of hydrogen-bond acceptors (Lipinski definition) is 10. The summed E-state index contributed by atoms with van der Waals surface area (Å²) in [5.41, 5.74) is -0.686. The third kappa shape index (κ3) is 7.02. The number of benzene rings is 2. The fourth-order valence-corrected chi connectivity index (χ4v) is 7.28. The summed E-state index contributed by atoms with van der Waals surface area (Å²) in [6.07, 6.45) is 5.06. The van der Waals surface area contributed by atoms with Crippen LogP contribution in [0, 0.1) is 11.2 Å². The van der Waals surface area contributed by atoms with E-state index in [1.807, 2.05) is 49.9 Å². The van der Waals surface area contributed by atoms with E-state index in [1.54, 1.807) is 39.1 Å². The Hall–Kier alpha value is -4.58. The lowest BCUT2D eigenvalue weighted by Gasteiger charge is -2.51.